The molecule has 0 unspecified atom stereocenters. The predicted molar refractivity (Wildman–Crippen MR) is 64.1 cm³/mol. The monoisotopic (exact) mass is 233 g/mol. The Morgan fingerprint density at radius 1 is 1.41 bits per heavy atom. The number of nitrogens with zero attached hydrogens (tertiary/aromatic N) is 1. The van der Waals surface area contributed by atoms with Crippen LogP contribution >= 0.6 is 0 Å². The molecule has 0 bridgehead atoms. The van der Waals surface area contributed by atoms with Crippen LogP contribution in [0.3, 0.4) is 0 Å². The van der Waals surface area contributed by atoms with Crippen LogP contribution in [0, 0.1) is 0 Å². The van der Waals surface area contributed by atoms with Gasteiger partial charge >= 0.3 is 5.97 Å². The van der Waals surface area contributed by atoms with Crippen molar-refractivity contribution >= 4 is 17.6 Å². The third-order valence-corrected chi connectivity index (χ3v) is 2.89. The maximum atomic E-state index is 11.8. The number of rotatable bonds is 2. The van der Waals surface area contributed by atoms with Crippen LogP contribution in [-0.2, 0) is 16.0 Å². The van der Waals surface area contributed by atoms with Gasteiger partial charge in [0.15, 0.2) is 0 Å². The number of hydrogen-bond donors (Lipinski definition) is 0. The van der Waals surface area contributed by atoms with Crippen molar-refractivity contribution in [3.05, 3.63) is 29.3 Å². The average molecular weight is 233 g/mol. The lowest BCUT2D eigenvalue weighted by molar-refractivity contribution is -0.117. The molecular formula is C13H15NO3. The lowest BCUT2D eigenvalue weighted by Gasteiger charge is -2.22. The van der Waals surface area contributed by atoms with E-state index in [0.717, 1.165) is 11.3 Å². The van der Waals surface area contributed by atoms with E-state index in [1.807, 2.05) is 19.9 Å². The Kier molecular flexibility index (Phi) is 2.88. The van der Waals surface area contributed by atoms with E-state index in [9.17, 15) is 9.59 Å². The molecule has 4 nitrogen and oxygen atoms in total. The molecule has 90 valence electrons. The first-order valence-electron chi connectivity index (χ1n) is 5.58. The first kappa shape index (κ1) is 11.6. The fraction of sp³-hybridized carbons (Fsp3) is 0.385. The van der Waals surface area contributed by atoms with Gasteiger partial charge < -0.3 is 9.64 Å². The number of esters is 1. The normalized spacial score (nSPS) is 14.1. The number of amides is 1. The zero-order valence-electron chi connectivity index (χ0n) is 10.2. The van der Waals surface area contributed by atoms with E-state index >= 15 is 0 Å². The van der Waals surface area contributed by atoms with Crippen molar-refractivity contribution in [3.8, 4) is 0 Å². The highest BCUT2D eigenvalue weighted by Crippen LogP contribution is 2.31. The number of fused-ring (bicyclic) bond motifs is 1. The predicted octanol–water partition coefficient (Wildman–Crippen LogP) is 1.77. The second kappa shape index (κ2) is 4.20. The molecule has 4 heteroatoms. The summed E-state index contributed by atoms with van der Waals surface area (Å²) in [6.45, 7) is 3.91. The second-order valence-electron chi connectivity index (χ2n) is 4.37. The van der Waals surface area contributed by atoms with Crippen molar-refractivity contribution in [3.63, 3.8) is 0 Å². The summed E-state index contributed by atoms with van der Waals surface area (Å²) in [5, 5.41) is 0. The highest BCUT2D eigenvalue weighted by molar-refractivity contribution is 6.03. The molecule has 1 aliphatic heterocycles. The van der Waals surface area contributed by atoms with Crippen LogP contribution in [0.2, 0.25) is 0 Å². The number of ether oxygens (including phenoxy) is 1. The zero-order chi connectivity index (χ0) is 12.6. The van der Waals surface area contributed by atoms with Gasteiger partial charge in [0.2, 0.25) is 5.91 Å². The van der Waals surface area contributed by atoms with E-state index in [0.29, 0.717) is 12.0 Å². The number of anilines is 1. The Morgan fingerprint density at radius 2 is 2.12 bits per heavy atom. The van der Waals surface area contributed by atoms with Crippen molar-refractivity contribution in [2.75, 3.05) is 12.0 Å². The van der Waals surface area contributed by atoms with E-state index in [1.54, 1.807) is 17.0 Å². The maximum absolute atomic E-state index is 11.8. The van der Waals surface area contributed by atoms with Crippen LogP contribution in [-0.4, -0.2) is 25.0 Å². The van der Waals surface area contributed by atoms with Crippen LogP contribution in [0.5, 0.6) is 0 Å². The molecule has 0 saturated carbocycles. The lowest BCUT2D eigenvalue weighted by Crippen LogP contribution is -2.33. The van der Waals surface area contributed by atoms with Gasteiger partial charge in [0, 0.05) is 11.7 Å². The molecule has 1 aliphatic rings. The summed E-state index contributed by atoms with van der Waals surface area (Å²) >= 11 is 0. The average Bonchev–Trinajstić information content (AvgIpc) is 2.62. The van der Waals surface area contributed by atoms with Crippen LogP contribution in [0.15, 0.2) is 18.2 Å². The van der Waals surface area contributed by atoms with Gasteiger partial charge in [-0.2, -0.15) is 0 Å². The standard InChI is InChI=1S/C13H15NO3/c1-8(2)14-11-6-10(13(16)17-3)5-4-9(11)7-12(14)15/h4-6,8H,7H2,1-3H3. The summed E-state index contributed by atoms with van der Waals surface area (Å²) in [4.78, 5) is 25.0. The highest BCUT2D eigenvalue weighted by atomic mass is 16.5. The van der Waals surface area contributed by atoms with Crippen molar-refractivity contribution in [1.82, 2.24) is 0 Å². The van der Waals surface area contributed by atoms with Crippen molar-refractivity contribution in [2.45, 2.75) is 26.3 Å². The molecule has 0 fully saturated rings. The number of carbonyl (C=O) groups excluding carboxylic acids is 2. The summed E-state index contributed by atoms with van der Waals surface area (Å²) in [5.41, 5.74) is 2.27. The van der Waals surface area contributed by atoms with Gasteiger partial charge in [-0.1, -0.05) is 6.07 Å². The molecule has 0 radical (unpaired) electrons. The molecule has 0 N–H and O–H groups in total. The molecule has 1 aromatic rings. The first-order chi connectivity index (χ1) is 8.04. The van der Waals surface area contributed by atoms with E-state index in [1.165, 1.54) is 7.11 Å². The van der Waals surface area contributed by atoms with Crippen LogP contribution in [0.25, 0.3) is 0 Å². The Hall–Kier alpha value is -1.84. The van der Waals surface area contributed by atoms with Gasteiger partial charge in [0.1, 0.15) is 0 Å². The van der Waals surface area contributed by atoms with Gasteiger partial charge in [-0.3, -0.25) is 4.79 Å². The number of methoxy groups -OCH3 is 1. The third-order valence-electron chi connectivity index (χ3n) is 2.89. The minimum Gasteiger partial charge on any atom is -0.465 e. The lowest BCUT2D eigenvalue weighted by atomic mass is 10.1. The van der Waals surface area contributed by atoms with E-state index in [4.69, 9.17) is 0 Å². The molecule has 1 aromatic carbocycles. The number of carbonyl (C=O) groups is 2. The van der Waals surface area contributed by atoms with Crippen molar-refractivity contribution < 1.29 is 14.3 Å². The molecule has 0 atom stereocenters. The molecule has 0 saturated heterocycles. The molecule has 0 aliphatic carbocycles. The second-order valence-corrected chi connectivity index (χ2v) is 4.37. The van der Waals surface area contributed by atoms with E-state index < -0.39 is 0 Å². The molecular weight excluding hydrogens is 218 g/mol. The molecule has 2 rings (SSSR count). The molecule has 0 spiro atoms. The van der Waals surface area contributed by atoms with Gasteiger partial charge in [-0.05, 0) is 31.5 Å². The molecule has 17 heavy (non-hydrogen) atoms. The van der Waals surface area contributed by atoms with Gasteiger partial charge in [-0.25, -0.2) is 4.79 Å². The number of hydrogen-bond acceptors (Lipinski definition) is 3. The molecule has 0 aromatic heterocycles. The number of benzene rings is 1. The van der Waals surface area contributed by atoms with Gasteiger partial charge in [0.05, 0.1) is 19.1 Å². The summed E-state index contributed by atoms with van der Waals surface area (Å²) in [6, 6.07) is 5.34. The fourth-order valence-electron chi connectivity index (χ4n) is 2.13. The van der Waals surface area contributed by atoms with Crippen LogP contribution < -0.4 is 4.90 Å². The summed E-state index contributed by atoms with van der Waals surface area (Å²) in [5.74, 6) is -0.298. The minimum atomic E-state index is -0.379. The van der Waals surface area contributed by atoms with Crippen molar-refractivity contribution in [1.29, 1.82) is 0 Å². The van der Waals surface area contributed by atoms with Crippen LogP contribution in [0.4, 0.5) is 5.69 Å². The Balaban J connectivity index is 2.45. The Morgan fingerprint density at radius 3 is 2.71 bits per heavy atom. The maximum Gasteiger partial charge on any atom is 0.337 e. The van der Waals surface area contributed by atoms with E-state index in [-0.39, 0.29) is 17.9 Å². The fourth-order valence-corrected chi connectivity index (χ4v) is 2.13. The first-order valence-corrected chi connectivity index (χ1v) is 5.58. The van der Waals surface area contributed by atoms with Gasteiger partial charge in [-0.15, -0.1) is 0 Å². The largest absolute Gasteiger partial charge is 0.465 e. The Bertz CT molecular complexity index is 480. The molecule has 1 heterocycles. The minimum absolute atomic E-state index is 0.0806. The summed E-state index contributed by atoms with van der Waals surface area (Å²) in [6.07, 6.45) is 0.412. The van der Waals surface area contributed by atoms with Gasteiger partial charge in [0.25, 0.3) is 0 Å². The highest BCUT2D eigenvalue weighted by Gasteiger charge is 2.29. The summed E-state index contributed by atoms with van der Waals surface area (Å²) in [7, 11) is 1.35. The third kappa shape index (κ3) is 1.90. The topological polar surface area (TPSA) is 46.6 Å². The quantitative estimate of drug-likeness (QED) is 0.731. The SMILES string of the molecule is COC(=O)c1ccc2c(c1)N(C(C)C)C(=O)C2. The Labute approximate surface area is 100 Å². The van der Waals surface area contributed by atoms with E-state index in [2.05, 4.69) is 4.74 Å². The smallest absolute Gasteiger partial charge is 0.337 e. The van der Waals surface area contributed by atoms with Crippen molar-refractivity contribution in [2.24, 2.45) is 0 Å². The zero-order valence-corrected chi connectivity index (χ0v) is 10.2. The summed E-state index contributed by atoms with van der Waals surface area (Å²) < 4.78 is 4.68. The van der Waals surface area contributed by atoms with Crippen LogP contribution in [0.1, 0.15) is 29.8 Å². The molecule has 1 amide bonds.